The fourth-order valence-corrected chi connectivity index (χ4v) is 128. The Balaban J connectivity index is 0.895. The van der Waals surface area contributed by atoms with Crippen molar-refractivity contribution in [1.82, 2.24) is 21.3 Å². The van der Waals surface area contributed by atoms with E-state index in [0.29, 0.717) is 22.7 Å². The van der Waals surface area contributed by atoms with Crippen molar-refractivity contribution in [3.05, 3.63) is 0 Å². The van der Waals surface area contributed by atoms with Gasteiger partial charge in [-0.05, 0) is 0 Å². The van der Waals surface area contributed by atoms with E-state index in [1.807, 2.05) is 6.16 Å². The SMILES string of the molecule is CC(C)(C)[C]12[CH]3[C]4(CP(C5C6CC7CC(C6)CC5C7)C5C6CC7CC(C6)CC5C7)[C]5(C(P)(C6CNCCN6)C6CNCCN6)[CH]1[Fe]34251678[CH]2[CH]1[CH]6[CH]7[CH]28. The predicted molar refractivity (Wildman–Crippen MR) is 209 cm³/mol. The van der Waals surface area contributed by atoms with Gasteiger partial charge in [0.25, 0.3) is 0 Å². The van der Waals surface area contributed by atoms with Crippen LogP contribution in [0.3, 0.4) is 0 Å². The summed E-state index contributed by atoms with van der Waals surface area (Å²) in [6.07, 6.45) is 18.6. The third-order valence-electron chi connectivity index (χ3n) is 29.8. The second-order valence-corrected chi connectivity index (χ2v) is 53.6. The maximum atomic E-state index is 4.40. The van der Waals surface area contributed by atoms with E-state index in [1.165, 1.54) is 84.3 Å². The molecule has 12 saturated heterocycles. The Kier molecular flexibility index (Phi) is 2.93. The third kappa shape index (κ3) is 0.978. The van der Waals surface area contributed by atoms with Crippen molar-refractivity contribution < 1.29 is 6.51 Å². The van der Waals surface area contributed by atoms with Gasteiger partial charge in [-0.2, -0.15) is 0 Å². The van der Waals surface area contributed by atoms with E-state index in [-0.39, 0.29) is 7.92 Å². The third-order valence-corrected chi connectivity index (χ3v) is 80.2. The van der Waals surface area contributed by atoms with Crippen molar-refractivity contribution in [2.45, 2.75) is 160 Å². The van der Waals surface area contributed by atoms with Crippen LogP contribution in [0.2, 0.25) is 46.7 Å². The summed E-state index contributed by atoms with van der Waals surface area (Å²) in [6.45, 7) is 11.6. The molecule has 1 spiro atoms. The molecule has 4 N–H and O–H groups in total. The first-order valence-corrected chi connectivity index (χ1v) is 31.5. The molecule has 8 unspecified atom stereocenters. The number of fused-ring (bicyclic) bond motifs is 10. The maximum absolute atomic E-state index is 4.40. The van der Waals surface area contributed by atoms with Gasteiger partial charge in [-0.3, -0.25) is 0 Å². The number of hydrogen-bond acceptors (Lipinski definition) is 4. The number of piperazine rings is 2. The summed E-state index contributed by atoms with van der Waals surface area (Å²) in [7, 11) is 4.14. The van der Waals surface area contributed by atoms with Crippen LogP contribution in [-0.2, 0) is 6.51 Å². The van der Waals surface area contributed by atoms with Crippen LogP contribution in [0, 0.1) is 52.8 Å². The number of rotatable bonds is 7. The van der Waals surface area contributed by atoms with Crippen LogP contribution in [0.25, 0.3) is 0 Å². The van der Waals surface area contributed by atoms with Gasteiger partial charge in [0, 0.05) is 0 Å². The molecule has 0 radical (unpaired) electrons. The topological polar surface area (TPSA) is 48.1 Å². The van der Waals surface area contributed by atoms with Gasteiger partial charge < -0.3 is 0 Å². The van der Waals surface area contributed by atoms with E-state index in [1.54, 1.807) is 64.2 Å². The first kappa shape index (κ1) is 28.6. The van der Waals surface area contributed by atoms with Gasteiger partial charge in [-0.1, -0.05) is 0 Å². The average molecular weight is 771 g/mol. The Labute approximate surface area is 301 Å². The van der Waals surface area contributed by atoms with Crippen LogP contribution in [0.4, 0.5) is 0 Å². The summed E-state index contributed by atoms with van der Waals surface area (Å²) in [5.41, 5.74) is 2.94. The molecule has 4 nitrogen and oxygen atoms in total. The minimum absolute atomic E-state index is 0.115. The molecular weight excluding hydrogens is 702 g/mol. The van der Waals surface area contributed by atoms with Crippen LogP contribution >= 0.6 is 17.2 Å². The molecule has 0 aromatic rings. The van der Waals surface area contributed by atoms with Gasteiger partial charge in [0.15, 0.2) is 0 Å². The first-order chi connectivity index (χ1) is 24.5. The summed E-state index contributed by atoms with van der Waals surface area (Å²) in [6, 6.07) is 1.27. The molecule has 8 aliphatic carbocycles. The summed E-state index contributed by atoms with van der Waals surface area (Å²) < 4.78 is 2.56. The van der Waals surface area contributed by atoms with Crippen LogP contribution in [0.1, 0.15) is 85.0 Å². The molecule has 8 atom stereocenters. The summed E-state index contributed by atoms with van der Waals surface area (Å²) in [5.74, 6) is 9.15. The normalized spacial score (nSPS) is 81.0. The van der Waals surface area contributed by atoms with E-state index in [2.05, 4.69) is 51.3 Å². The average Bonchev–Trinajstić information content (AvgIpc) is 4.06. The number of hydrogen-bond donors (Lipinski definition) is 4. The second-order valence-electron chi connectivity index (χ2n) is 27.1. The van der Waals surface area contributed by atoms with E-state index >= 15 is 0 Å². The Morgan fingerprint density at radius 1 is 0.608 bits per heavy atom. The van der Waals surface area contributed by atoms with Gasteiger partial charge in [-0.25, -0.2) is 0 Å². The quantitative estimate of drug-likeness (QED) is 0.155. The van der Waals surface area contributed by atoms with Crippen LogP contribution in [0.5, 0.6) is 0 Å². The van der Waals surface area contributed by atoms with Crippen molar-refractivity contribution in [2.75, 3.05) is 45.4 Å². The van der Waals surface area contributed by atoms with E-state index < -0.39 is 6.51 Å². The van der Waals surface area contributed by atoms with E-state index in [0.717, 1.165) is 60.3 Å². The Bertz CT molecular complexity index is 2030. The van der Waals surface area contributed by atoms with Gasteiger partial charge >= 0.3 is 303 Å². The molecule has 20 aliphatic rings. The molecule has 8 saturated carbocycles. The molecule has 20 fully saturated rings. The predicted octanol–water partition coefficient (Wildman–Crippen LogP) is 8.40. The van der Waals surface area contributed by atoms with Crippen LogP contribution < -0.4 is 21.3 Å². The van der Waals surface area contributed by atoms with Gasteiger partial charge in [0.1, 0.15) is 0 Å². The zero-order valence-electron chi connectivity index (χ0n) is 31.9. The standard InChI is InChI=1S/C39H63N4P2.C5H5.Fe/c1-38(2,3)32-18-31(33(19-32)39(44,34-20-40-4-6-42-34)35-21-41-5-7-43-35)22-45(36-27-10-23-8-24(12-27)13-28(36)11-23)37-29-14-25-9-26(16-29)17-30(37)15-25;1-2-4-5-3-1;/h18-19,23-30,34-37,40-43H,4-17,20-22,44H2,1-3H3;1-5H;. The summed E-state index contributed by atoms with van der Waals surface area (Å²) >= 11 is 0. The molecule has 20 rings (SSSR count). The Morgan fingerprint density at radius 3 is 1.39 bits per heavy atom. The summed E-state index contributed by atoms with van der Waals surface area (Å²) in [4.78, 5) is 9.35. The molecule has 282 valence electrons. The monoisotopic (exact) mass is 770 g/mol. The fraction of sp³-hybridized carbons (Fsp3) is 1.00. The van der Waals surface area contributed by atoms with Crippen LogP contribution in [-0.4, -0.2) is 74.0 Å². The van der Waals surface area contributed by atoms with Crippen molar-refractivity contribution in [2.24, 2.45) is 52.8 Å². The molecule has 8 bridgehead atoms. The van der Waals surface area contributed by atoms with Crippen molar-refractivity contribution in [3.8, 4) is 0 Å². The molecule has 0 amide bonds. The molecule has 12 aliphatic heterocycles. The molecule has 0 aromatic carbocycles. The van der Waals surface area contributed by atoms with Crippen LogP contribution in [0.15, 0.2) is 0 Å². The van der Waals surface area contributed by atoms with Crippen molar-refractivity contribution >= 4 is 17.2 Å². The zero-order valence-corrected chi connectivity index (χ0v) is 35.0. The number of nitrogens with one attached hydrogen (secondary N) is 4. The first-order valence-electron chi connectivity index (χ1n) is 23.1. The van der Waals surface area contributed by atoms with Gasteiger partial charge in [0.2, 0.25) is 0 Å². The minimum atomic E-state index is -4.19. The van der Waals surface area contributed by atoms with Crippen molar-refractivity contribution in [1.29, 1.82) is 0 Å². The zero-order chi connectivity index (χ0) is 33.2. The molecule has 7 heteroatoms. The summed E-state index contributed by atoms with van der Waals surface area (Å²) in [5, 5.41) is 17.2. The second kappa shape index (κ2) is 5.23. The van der Waals surface area contributed by atoms with Gasteiger partial charge in [0.05, 0.1) is 0 Å². The molecule has 12 heterocycles. The Morgan fingerprint density at radius 2 is 1.04 bits per heavy atom. The molecular formula is C44H68FeN4P2. The van der Waals surface area contributed by atoms with Gasteiger partial charge in [-0.15, -0.1) is 0 Å². The molecule has 0 aromatic heterocycles. The van der Waals surface area contributed by atoms with E-state index in [4.69, 9.17) is 0 Å². The van der Waals surface area contributed by atoms with E-state index in [9.17, 15) is 0 Å². The Hall–Kier alpha value is 1.22. The molecule has 51 heavy (non-hydrogen) atoms. The fourth-order valence-electron chi connectivity index (χ4n) is 33.4. The van der Waals surface area contributed by atoms with Crippen molar-refractivity contribution in [3.63, 3.8) is 0 Å².